The smallest absolute Gasteiger partial charge is 0.414 e. The van der Waals surface area contributed by atoms with Gasteiger partial charge in [-0.05, 0) is 60.5 Å². The molecule has 7 rings (SSSR count). The second-order valence-corrected chi connectivity index (χ2v) is 16.2. The lowest BCUT2D eigenvalue weighted by Crippen LogP contribution is -2.36. The number of anilines is 2. The number of aromatic nitrogens is 4. The van der Waals surface area contributed by atoms with Crippen LogP contribution in [0.2, 0.25) is 0 Å². The van der Waals surface area contributed by atoms with E-state index in [0.717, 1.165) is 11.0 Å². The summed E-state index contributed by atoms with van der Waals surface area (Å²) in [7, 11) is 2.98. The molecule has 5 aromatic rings. The molecular formula is C38H41F2N7O7. The van der Waals surface area contributed by atoms with Crippen LogP contribution in [0.5, 0.6) is 0 Å². The van der Waals surface area contributed by atoms with E-state index < -0.39 is 52.0 Å². The zero-order chi connectivity index (χ0) is 39.2. The number of fused-ring (bicyclic) bond motifs is 4. The van der Waals surface area contributed by atoms with Crippen LogP contribution >= 0.6 is 0 Å². The molecule has 3 N–H and O–H groups in total. The number of ether oxygens (including phenoxy) is 2. The molecule has 4 aromatic heterocycles. The molecule has 2 aliphatic rings. The normalized spacial score (nSPS) is 18.5. The molecule has 0 bridgehead atoms. The number of aromatic amines is 1. The number of carbonyl (C=O) groups excluding carboxylic acids is 2. The minimum atomic E-state index is -1.39. The molecule has 1 saturated carbocycles. The van der Waals surface area contributed by atoms with Gasteiger partial charge in [0.05, 0.1) is 33.1 Å². The number of nitrogens with one attached hydrogen (secondary N) is 2. The van der Waals surface area contributed by atoms with Crippen molar-refractivity contribution in [2.45, 2.75) is 71.6 Å². The van der Waals surface area contributed by atoms with Crippen molar-refractivity contribution in [1.29, 1.82) is 0 Å². The second kappa shape index (κ2) is 12.4. The molecule has 2 atom stereocenters. The summed E-state index contributed by atoms with van der Waals surface area (Å²) in [6.45, 7) is 11.3. The number of carbonyl (C=O) groups is 3. The molecule has 1 saturated heterocycles. The molecule has 16 heteroatoms. The third kappa shape index (κ3) is 6.32. The van der Waals surface area contributed by atoms with Gasteiger partial charge >= 0.3 is 18.2 Å². The first-order valence-corrected chi connectivity index (χ1v) is 17.4. The van der Waals surface area contributed by atoms with Crippen LogP contribution in [-0.4, -0.2) is 80.2 Å². The number of aromatic carboxylic acids is 1. The van der Waals surface area contributed by atoms with Gasteiger partial charge in [-0.1, -0.05) is 0 Å². The standard InChI is InChI=1S/C38H41F2N7O7/c1-36(2,3)53-34(51)43-24-13-38(24)9-10-47(17-38)29-20(18-11-19-30(48)21(33(49)50)16-45(7)32(19)42-14-18)15-41-31-26(29)25-27(40)22(39)12-23(28(25)44-31)46(8)35(52)54-37(4,5)6/h11-12,14-16,24H,9-10,13,17H2,1-8H3,(H,41,44)(H,43,51)(H,49,50). The Morgan fingerprint density at radius 2 is 1.76 bits per heavy atom. The van der Waals surface area contributed by atoms with E-state index in [1.165, 1.54) is 36.3 Å². The first-order chi connectivity index (χ1) is 25.2. The number of hydrogen-bond acceptors (Lipinski definition) is 9. The molecule has 54 heavy (non-hydrogen) atoms. The third-order valence-corrected chi connectivity index (χ3v) is 9.91. The van der Waals surface area contributed by atoms with Gasteiger partial charge in [0, 0.05) is 74.4 Å². The van der Waals surface area contributed by atoms with Gasteiger partial charge in [0.25, 0.3) is 0 Å². The van der Waals surface area contributed by atoms with Crippen LogP contribution in [0.15, 0.2) is 35.5 Å². The van der Waals surface area contributed by atoms with Gasteiger partial charge in [0.1, 0.15) is 28.1 Å². The molecule has 2 fully saturated rings. The van der Waals surface area contributed by atoms with Crippen molar-refractivity contribution in [3.63, 3.8) is 0 Å². The van der Waals surface area contributed by atoms with E-state index in [9.17, 15) is 24.3 Å². The average Bonchev–Trinajstić information content (AvgIpc) is 3.35. The Bertz CT molecular complexity index is 2480. The minimum absolute atomic E-state index is 0.0161. The Morgan fingerprint density at radius 3 is 2.43 bits per heavy atom. The van der Waals surface area contributed by atoms with Crippen molar-refractivity contribution >= 4 is 62.5 Å². The maximum Gasteiger partial charge on any atom is 0.414 e. The Hall–Kier alpha value is -5.80. The fraction of sp³-hybridized carbons (Fsp3) is 0.421. The van der Waals surface area contributed by atoms with Gasteiger partial charge in [-0.15, -0.1) is 0 Å². The summed E-state index contributed by atoms with van der Waals surface area (Å²) >= 11 is 0. The summed E-state index contributed by atoms with van der Waals surface area (Å²) < 4.78 is 44.4. The SMILES string of the molecule is CN(C(=O)OC(C)(C)C)c1cc(F)c(F)c2c1[nH]c1ncc(-c3cnc4c(c3)c(=O)c(C(=O)O)cn4C)c(N3CCC4(CC4NC(=O)OC(C)(C)C)C3)c12. The van der Waals surface area contributed by atoms with Crippen molar-refractivity contribution in [2.75, 3.05) is 29.9 Å². The molecule has 1 aliphatic heterocycles. The van der Waals surface area contributed by atoms with Crippen LogP contribution in [0.1, 0.15) is 64.7 Å². The number of pyridine rings is 3. The zero-order valence-electron chi connectivity index (χ0n) is 31.2. The number of H-pyrrole nitrogens is 1. The van der Waals surface area contributed by atoms with Gasteiger partial charge < -0.3 is 34.3 Å². The lowest BCUT2D eigenvalue weighted by molar-refractivity contribution is 0.0514. The molecule has 1 spiro atoms. The number of benzene rings is 1. The number of hydrogen-bond donors (Lipinski definition) is 3. The van der Waals surface area contributed by atoms with Crippen LogP contribution in [0.4, 0.5) is 29.7 Å². The van der Waals surface area contributed by atoms with Crippen LogP contribution < -0.4 is 20.5 Å². The van der Waals surface area contributed by atoms with Crippen molar-refractivity contribution in [1.82, 2.24) is 24.8 Å². The van der Waals surface area contributed by atoms with Crippen LogP contribution in [0.3, 0.4) is 0 Å². The predicted octanol–water partition coefficient (Wildman–Crippen LogP) is 6.47. The Morgan fingerprint density at radius 1 is 1.06 bits per heavy atom. The summed E-state index contributed by atoms with van der Waals surface area (Å²) in [5.41, 5.74) is -1.24. The second-order valence-electron chi connectivity index (χ2n) is 16.2. The Labute approximate surface area is 308 Å². The van der Waals surface area contributed by atoms with Crippen molar-refractivity contribution in [2.24, 2.45) is 12.5 Å². The van der Waals surface area contributed by atoms with Crippen molar-refractivity contribution in [3.8, 4) is 11.1 Å². The van der Waals surface area contributed by atoms with Crippen molar-refractivity contribution < 1.29 is 37.7 Å². The summed E-state index contributed by atoms with van der Waals surface area (Å²) in [5, 5.41) is 12.8. The van der Waals surface area contributed by atoms with Gasteiger partial charge in [-0.2, -0.15) is 0 Å². The largest absolute Gasteiger partial charge is 0.477 e. The fourth-order valence-electron chi connectivity index (χ4n) is 7.36. The van der Waals surface area contributed by atoms with Gasteiger partial charge in [-0.3, -0.25) is 9.69 Å². The van der Waals surface area contributed by atoms with E-state index in [1.807, 2.05) is 4.90 Å². The number of amides is 2. The average molecular weight is 746 g/mol. The van der Waals surface area contributed by atoms with Gasteiger partial charge in [-0.25, -0.2) is 33.1 Å². The summed E-state index contributed by atoms with van der Waals surface area (Å²) in [6.07, 6.45) is 4.25. The molecule has 14 nitrogen and oxygen atoms in total. The van der Waals surface area contributed by atoms with E-state index in [0.29, 0.717) is 42.7 Å². The highest BCUT2D eigenvalue weighted by Crippen LogP contribution is 2.56. The van der Waals surface area contributed by atoms with E-state index in [-0.39, 0.29) is 50.1 Å². The molecule has 2 amide bonds. The lowest BCUT2D eigenvalue weighted by atomic mass is 10.0. The van der Waals surface area contributed by atoms with Gasteiger partial charge in [0.15, 0.2) is 11.6 Å². The summed E-state index contributed by atoms with van der Waals surface area (Å²) in [5.74, 6) is -3.76. The molecule has 284 valence electrons. The summed E-state index contributed by atoms with van der Waals surface area (Å²) in [6, 6.07) is 2.25. The monoisotopic (exact) mass is 745 g/mol. The topological polar surface area (TPSA) is 172 Å². The Kier molecular flexibility index (Phi) is 8.38. The number of rotatable bonds is 5. The summed E-state index contributed by atoms with van der Waals surface area (Å²) in [4.78, 5) is 66.5. The third-order valence-electron chi connectivity index (χ3n) is 9.91. The molecule has 2 unspecified atom stereocenters. The number of halogens is 2. The van der Waals surface area contributed by atoms with E-state index in [4.69, 9.17) is 9.47 Å². The lowest BCUT2D eigenvalue weighted by Gasteiger charge is -2.25. The molecule has 1 aliphatic carbocycles. The maximum absolute atomic E-state index is 16.3. The quantitative estimate of drug-likeness (QED) is 0.181. The number of aryl methyl sites for hydroxylation is 1. The highest BCUT2D eigenvalue weighted by atomic mass is 19.2. The van der Waals surface area contributed by atoms with Crippen LogP contribution in [0, 0.1) is 17.0 Å². The predicted molar refractivity (Wildman–Crippen MR) is 198 cm³/mol. The first-order valence-electron chi connectivity index (χ1n) is 17.4. The molecule has 0 radical (unpaired) electrons. The maximum atomic E-state index is 16.3. The van der Waals surface area contributed by atoms with E-state index >= 15 is 8.78 Å². The number of alkyl carbamates (subject to hydrolysis) is 1. The van der Waals surface area contributed by atoms with Crippen LogP contribution in [0.25, 0.3) is 44.1 Å². The molecule has 5 heterocycles. The Balaban J connectivity index is 1.43. The van der Waals surface area contributed by atoms with Crippen molar-refractivity contribution in [3.05, 3.63) is 58.1 Å². The van der Waals surface area contributed by atoms with E-state index in [1.54, 1.807) is 48.6 Å². The molecule has 1 aromatic carbocycles. The number of nitrogens with zero attached hydrogens (tertiary/aromatic N) is 5. The molecular weight excluding hydrogens is 704 g/mol. The zero-order valence-corrected chi connectivity index (χ0v) is 31.2. The first kappa shape index (κ1) is 36.6. The van der Waals surface area contributed by atoms with Gasteiger partial charge in [0.2, 0.25) is 5.43 Å². The number of carboxylic acids is 1. The highest BCUT2D eigenvalue weighted by molar-refractivity contribution is 6.19. The minimum Gasteiger partial charge on any atom is -0.477 e. The van der Waals surface area contributed by atoms with E-state index in [2.05, 4.69) is 20.3 Å². The van der Waals surface area contributed by atoms with Crippen LogP contribution in [-0.2, 0) is 16.5 Å². The fourth-order valence-corrected chi connectivity index (χ4v) is 7.36. The number of carboxylic acid groups (broad SMARTS) is 1. The highest BCUT2D eigenvalue weighted by Gasteiger charge is 2.59.